The third-order valence-electron chi connectivity index (χ3n) is 9.68. The van der Waals surface area contributed by atoms with E-state index < -0.39 is 0 Å². The molecule has 2 saturated heterocycles. The van der Waals surface area contributed by atoms with E-state index >= 15 is 0 Å². The Labute approximate surface area is 174 Å². The summed E-state index contributed by atoms with van der Waals surface area (Å²) in [6, 6.07) is 0. The molecule has 0 amide bonds. The SMILES string of the molecule is C[C@]12C[C@H](CCO)[C@H]3[C@@H](CC=C4CC5(CC[C@@H]43)OCCO5)[C@@H]1CCC21OCCO1. The molecule has 0 aromatic rings. The van der Waals surface area contributed by atoms with Gasteiger partial charge in [-0.15, -0.1) is 0 Å². The first-order chi connectivity index (χ1) is 14.1. The van der Waals surface area contributed by atoms with Crippen molar-refractivity contribution < 1.29 is 24.1 Å². The Morgan fingerprint density at radius 3 is 2.55 bits per heavy atom. The number of aliphatic hydroxyl groups excluding tert-OH is 1. The largest absolute Gasteiger partial charge is 0.396 e. The lowest BCUT2D eigenvalue weighted by Gasteiger charge is -2.58. The van der Waals surface area contributed by atoms with Crippen LogP contribution in [0.1, 0.15) is 58.3 Å². The average molecular weight is 405 g/mol. The second-order valence-electron chi connectivity index (χ2n) is 10.7. The number of allylic oxidation sites excluding steroid dienone is 1. The predicted molar refractivity (Wildman–Crippen MR) is 107 cm³/mol. The van der Waals surface area contributed by atoms with E-state index in [1.54, 1.807) is 5.57 Å². The van der Waals surface area contributed by atoms with Crippen LogP contribution in [-0.4, -0.2) is 49.7 Å². The van der Waals surface area contributed by atoms with Gasteiger partial charge in [0.2, 0.25) is 0 Å². The van der Waals surface area contributed by atoms with Crippen LogP contribution in [0.4, 0.5) is 0 Å². The summed E-state index contributed by atoms with van der Waals surface area (Å²) in [6.45, 7) is 5.65. The number of aliphatic hydroxyl groups is 1. The summed E-state index contributed by atoms with van der Waals surface area (Å²) in [6.07, 6.45) is 11.1. The van der Waals surface area contributed by atoms with E-state index in [9.17, 15) is 5.11 Å². The van der Waals surface area contributed by atoms with E-state index in [0.29, 0.717) is 29.6 Å². The Balaban J connectivity index is 1.33. The zero-order valence-electron chi connectivity index (χ0n) is 17.7. The lowest BCUT2D eigenvalue weighted by Crippen LogP contribution is -2.56. The summed E-state index contributed by atoms with van der Waals surface area (Å²) in [5, 5.41) is 9.94. The minimum atomic E-state index is -0.373. The maximum atomic E-state index is 9.94. The molecule has 2 spiro atoms. The van der Waals surface area contributed by atoms with Gasteiger partial charge in [0.05, 0.1) is 26.4 Å². The molecule has 5 fully saturated rings. The molecule has 1 N–H and O–H groups in total. The summed E-state index contributed by atoms with van der Waals surface area (Å²) < 4.78 is 24.7. The van der Waals surface area contributed by atoms with Crippen molar-refractivity contribution >= 4 is 0 Å². The van der Waals surface area contributed by atoms with E-state index in [1.165, 1.54) is 6.42 Å². The van der Waals surface area contributed by atoms with E-state index in [0.717, 1.165) is 71.4 Å². The molecule has 6 aliphatic rings. The standard InChI is InChI=1S/C24H36O5/c1-22-14-17(6-9-25)21-18-4-7-23(26-10-11-27-23)15-16(18)2-3-19(21)20(22)5-8-24(22)28-12-13-29-24/h2,17-21,25H,3-15H2,1H3/t17-,18-,19-,20-,21+,22-/m0/s1. The van der Waals surface area contributed by atoms with Crippen molar-refractivity contribution in [1.82, 2.24) is 0 Å². The van der Waals surface area contributed by atoms with Crippen molar-refractivity contribution in [3.8, 4) is 0 Å². The molecule has 0 aromatic carbocycles. The molecular weight excluding hydrogens is 368 g/mol. The first-order valence-electron chi connectivity index (χ1n) is 12.0. The van der Waals surface area contributed by atoms with Gasteiger partial charge in [0.1, 0.15) is 0 Å². The molecule has 6 rings (SSSR count). The Bertz CT molecular complexity index is 677. The summed E-state index contributed by atoms with van der Waals surface area (Å²) in [5.74, 6) is 2.49. The van der Waals surface area contributed by atoms with Gasteiger partial charge < -0.3 is 24.1 Å². The van der Waals surface area contributed by atoms with E-state index in [4.69, 9.17) is 18.9 Å². The number of fused-ring (bicyclic) bond motifs is 6. The maximum absolute atomic E-state index is 9.94. The number of ether oxygens (including phenoxy) is 4. The Morgan fingerprint density at radius 2 is 1.79 bits per heavy atom. The molecule has 5 nitrogen and oxygen atoms in total. The predicted octanol–water partition coefficient (Wildman–Crippen LogP) is 3.65. The van der Waals surface area contributed by atoms with Crippen LogP contribution in [0.3, 0.4) is 0 Å². The van der Waals surface area contributed by atoms with Crippen molar-refractivity contribution in [3.05, 3.63) is 11.6 Å². The van der Waals surface area contributed by atoms with Gasteiger partial charge in [0.15, 0.2) is 11.6 Å². The maximum Gasteiger partial charge on any atom is 0.174 e. The molecule has 0 aromatic heterocycles. The highest BCUT2D eigenvalue weighted by atomic mass is 16.7. The number of rotatable bonds is 2. The van der Waals surface area contributed by atoms with Crippen LogP contribution >= 0.6 is 0 Å². The minimum absolute atomic E-state index is 0.0728. The molecule has 2 aliphatic heterocycles. The van der Waals surface area contributed by atoms with Gasteiger partial charge in [-0.2, -0.15) is 0 Å². The fourth-order valence-electron chi connectivity index (χ4n) is 8.65. The molecule has 4 aliphatic carbocycles. The second-order valence-corrected chi connectivity index (χ2v) is 10.7. The quantitative estimate of drug-likeness (QED) is 0.712. The summed E-state index contributed by atoms with van der Waals surface area (Å²) in [4.78, 5) is 0. The topological polar surface area (TPSA) is 57.2 Å². The van der Waals surface area contributed by atoms with Crippen LogP contribution in [0, 0.1) is 35.0 Å². The smallest absolute Gasteiger partial charge is 0.174 e. The van der Waals surface area contributed by atoms with Gasteiger partial charge in [0.25, 0.3) is 0 Å². The minimum Gasteiger partial charge on any atom is -0.396 e. The number of hydrogen-bond acceptors (Lipinski definition) is 5. The van der Waals surface area contributed by atoms with Gasteiger partial charge in [-0.25, -0.2) is 0 Å². The zero-order valence-corrected chi connectivity index (χ0v) is 17.7. The van der Waals surface area contributed by atoms with Crippen molar-refractivity contribution in [2.45, 2.75) is 69.9 Å². The van der Waals surface area contributed by atoms with Gasteiger partial charge in [0, 0.05) is 31.3 Å². The van der Waals surface area contributed by atoms with Crippen LogP contribution in [-0.2, 0) is 18.9 Å². The van der Waals surface area contributed by atoms with Crippen LogP contribution in [0.15, 0.2) is 11.6 Å². The normalized spacial score (nSPS) is 47.1. The molecule has 162 valence electrons. The van der Waals surface area contributed by atoms with Crippen LogP contribution < -0.4 is 0 Å². The molecule has 2 heterocycles. The molecule has 0 radical (unpaired) electrons. The van der Waals surface area contributed by atoms with Gasteiger partial charge >= 0.3 is 0 Å². The van der Waals surface area contributed by atoms with Gasteiger partial charge in [-0.3, -0.25) is 0 Å². The average Bonchev–Trinajstić information content (AvgIpc) is 3.44. The van der Waals surface area contributed by atoms with Crippen molar-refractivity contribution in [3.63, 3.8) is 0 Å². The Hall–Kier alpha value is -0.460. The highest BCUT2D eigenvalue weighted by Gasteiger charge is 2.67. The van der Waals surface area contributed by atoms with Crippen LogP contribution in [0.25, 0.3) is 0 Å². The summed E-state index contributed by atoms with van der Waals surface area (Å²) in [7, 11) is 0. The highest BCUT2D eigenvalue weighted by molar-refractivity contribution is 5.23. The molecule has 5 heteroatoms. The van der Waals surface area contributed by atoms with Crippen molar-refractivity contribution in [2.24, 2.45) is 35.0 Å². The van der Waals surface area contributed by atoms with Gasteiger partial charge in [-0.05, 0) is 61.7 Å². The van der Waals surface area contributed by atoms with E-state index in [-0.39, 0.29) is 23.6 Å². The van der Waals surface area contributed by atoms with Crippen molar-refractivity contribution in [2.75, 3.05) is 33.0 Å². The van der Waals surface area contributed by atoms with E-state index in [1.807, 2.05) is 0 Å². The first kappa shape index (κ1) is 19.2. The summed E-state index contributed by atoms with van der Waals surface area (Å²) in [5.41, 5.74) is 1.65. The third-order valence-corrected chi connectivity index (χ3v) is 9.68. The Morgan fingerprint density at radius 1 is 1.03 bits per heavy atom. The fraction of sp³-hybridized carbons (Fsp3) is 0.917. The molecular formula is C24H36O5. The summed E-state index contributed by atoms with van der Waals surface area (Å²) >= 11 is 0. The van der Waals surface area contributed by atoms with Gasteiger partial charge in [-0.1, -0.05) is 18.6 Å². The van der Waals surface area contributed by atoms with E-state index in [2.05, 4.69) is 13.0 Å². The molecule has 29 heavy (non-hydrogen) atoms. The zero-order chi connectivity index (χ0) is 19.7. The highest BCUT2D eigenvalue weighted by Crippen LogP contribution is 2.68. The monoisotopic (exact) mass is 404 g/mol. The fourth-order valence-corrected chi connectivity index (χ4v) is 8.65. The Kier molecular flexibility index (Phi) is 4.49. The van der Waals surface area contributed by atoms with Crippen molar-refractivity contribution in [1.29, 1.82) is 0 Å². The lowest BCUT2D eigenvalue weighted by molar-refractivity contribution is -0.249. The molecule has 6 atom stereocenters. The van der Waals surface area contributed by atoms with Crippen LogP contribution in [0.2, 0.25) is 0 Å². The third kappa shape index (κ3) is 2.64. The second kappa shape index (κ2) is 6.77. The number of hydrogen-bond donors (Lipinski definition) is 1. The lowest BCUT2D eigenvalue weighted by atomic mass is 9.48. The molecule has 0 bridgehead atoms. The molecule has 3 saturated carbocycles. The first-order valence-corrected chi connectivity index (χ1v) is 12.0. The van der Waals surface area contributed by atoms with Crippen LogP contribution in [0.5, 0.6) is 0 Å². The molecule has 0 unspecified atom stereocenters.